The normalized spacial score (nSPS) is 13.5. The molecule has 0 atom stereocenters. The van der Waals surface area contributed by atoms with Crippen LogP contribution in [0.3, 0.4) is 0 Å². The van der Waals surface area contributed by atoms with Gasteiger partial charge in [-0.3, -0.25) is 0 Å². The number of alkyl halides is 6. The molecule has 1 aromatic rings. The third kappa shape index (κ3) is 2.01. The Hall–Kier alpha value is -1.53. The highest BCUT2D eigenvalue weighted by molar-refractivity contribution is 5.72. The van der Waals surface area contributed by atoms with E-state index in [1.54, 1.807) is 0 Å². The van der Waals surface area contributed by atoms with Gasteiger partial charge in [0.15, 0.2) is 0 Å². The van der Waals surface area contributed by atoms with Crippen molar-refractivity contribution in [3.63, 3.8) is 0 Å². The summed E-state index contributed by atoms with van der Waals surface area (Å²) in [6.07, 6.45) is -12.6. The molecule has 0 unspecified atom stereocenters. The largest absolute Gasteiger partial charge is 0.413 e. The highest BCUT2D eigenvalue weighted by Crippen LogP contribution is 2.50. The topological polar surface area (TPSA) is 17.1 Å². The van der Waals surface area contributed by atoms with Crippen LogP contribution in [0.1, 0.15) is 5.56 Å². The smallest absolute Gasteiger partial charge is 0.302 e. The summed E-state index contributed by atoms with van der Waals surface area (Å²) in [6, 6.07) is 4.51. The van der Waals surface area contributed by atoms with Crippen molar-refractivity contribution in [3.8, 4) is 0 Å². The number of aldehydes is 1. The molecule has 0 N–H and O–H groups in total. The predicted molar refractivity (Wildman–Crippen MR) is 46.3 cm³/mol. The third-order valence-corrected chi connectivity index (χ3v) is 2.30. The van der Waals surface area contributed by atoms with Gasteiger partial charge < -0.3 is 4.79 Å². The first-order chi connectivity index (χ1) is 7.67. The second-order valence-corrected chi connectivity index (χ2v) is 3.29. The fourth-order valence-corrected chi connectivity index (χ4v) is 1.39. The summed E-state index contributed by atoms with van der Waals surface area (Å²) in [7, 11) is 0. The van der Waals surface area contributed by atoms with E-state index in [-0.39, 0.29) is 0 Å². The standard InChI is InChI=1S/C10H6F6O/c11-9(12,13)8(6-17,10(14,15)16)7-4-2-1-3-5-7/h1-6H. The Morgan fingerprint density at radius 3 is 1.53 bits per heavy atom. The molecule has 0 amide bonds. The lowest BCUT2D eigenvalue weighted by Crippen LogP contribution is -2.55. The molecule has 0 heterocycles. The Morgan fingerprint density at radius 2 is 1.24 bits per heavy atom. The van der Waals surface area contributed by atoms with Crippen LogP contribution in [-0.2, 0) is 10.2 Å². The summed E-state index contributed by atoms with van der Waals surface area (Å²) < 4.78 is 75.6. The molecular weight excluding hydrogens is 250 g/mol. The lowest BCUT2D eigenvalue weighted by Gasteiger charge is -2.32. The van der Waals surface area contributed by atoms with Crippen LogP contribution in [0.4, 0.5) is 26.3 Å². The molecule has 0 radical (unpaired) electrons. The van der Waals surface area contributed by atoms with E-state index >= 15 is 0 Å². The van der Waals surface area contributed by atoms with Gasteiger partial charge in [0.2, 0.25) is 5.41 Å². The second kappa shape index (κ2) is 4.05. The van der Waals surface area contributed by atoms with Crippen LogP contribution in [0.25, 0.3) is 0 Å². The summed E-state index contributed by atoms with van der Waals surface area (Å²) in [5.74, 6) is 0. The minimum absolute atomic E-state index is 0.620. The summed E-state index contributed by atoms with van der Waals surface area (Å²) in [5.41, 5.74) is -5.61. The minimum Gasteiger partial charge on any atom is -0.302 e. The second-order valence-electron chi connectivity index (χ2n) is 3.29. The van der Waals surface area contributed by atoms with E-state index in [2.05, 4.69) is 0 Å². The number of carbonyl (C=O) groups is 1. The zero-order valence-corrected chi connectivity index (χ0v) is 8.14. The Morgan fingerprint density at radius 1 is 0.824 bits per heavy atom. The van der Waals surface area contributed by atoms with E-state index in [1.165, 1.54) is 6.07 Å². The molecule has 1 aromatic carbocycles. The summed E-state index contributed by atoms with van der Waals surface area (Å²) in [6.45, 7) is 0. The molecule has 1 rings (SSSR count). The third-order valence-electron chi connectivity index (χ3n) is 2.30. The van der Waals surface area contributed by atoms with Crippen LogP contribution in [-0.4, -0.2) is 18.6 Å². The van der Waals surface area contributed by atoms with E-state index in [0.717, 1.165) is 12.1 Å². The van der Waals surface area contributed by atoms with Crippen LogP contribution in [0.2, 0.25) is 0 Å². The first-order valence-corrected chi connectivity index (χ1v) is 4.32. The van der Waals surface area contributed by atoms with Gasteiger partial charge in [0.05, 0.1) is 0 Å². The summed E-state index contributed by atoms with van der Waals surface area (Å²) in [5, 5.41) is 0. The number of carbonyl (C=O) groups excluding carboxylic acids is 1. The molecule has 0 saturated carbocycles. The summed E-state index contributed by atoms with van der Waals surface area (Å²) in [4.78, 5) is 10.5. The van der Waals surface area contributed by atoms with Gasteiger partial charge in [-0.05, 0) is 5.56 Å². The maximum absolute atomic E-state index is 12.6. The summed E-state index contributed by atoms with van der Waals surface area (Å²) >= 11 is 0. The number of halogens is 6. The molecule has 94 valence electrons. The minimum atomic E-state index is -5.74. The van der Waals surface area contributed by atoms with Crippen molar-refractivity contribution in [2.24, 2.45) is 0 Å². The fourth-order valence-electron chi connectivity index (χ4n) is 1.39. The Kier molecular flexibility index (Phi) is 3.22. The number of hydrogen-bond donors (Lipinski definition) is 0. The van der Waals surface area contributed by atoms with Crippen LogP contribution in [0, 0.1) is 0 Å². The highest BCUT2D eigenvalue weighted by atomic mass is 19.4. The Balaban J connectivity index is 3.55. The first-order valence-electron chi connectivity index (χ1n) is 4.32. The van der Waals surface area contributed by atoms with Crippen molar-refractivity contribution >= 4 is 6.29 Å². The maximum atomic E-state index is 12.6. The predicted octanol–water partition coefficient (Wildman–Crippen LogP) is 3.25. The zero-order chi connectivity index (χ0) is 13.3. The molecule has 0 saturated heterocycles. The van der Waals surface area contributed by atoms with Gasteiger partial charge in [-0.2, -0.15) is 26.3 Å². The maximum Gasteiger partial charge on any atom is 0.413 e. The fraction of sp³-hybridized carbons (Fsp3) is 0.300. The van der Waals surface area contributed by atoms with Gasteiger partial charge in [0, 0.05) is 0 Å². The van der Waals surface area contributed by atoms with Crippen molar-refractivity contribution < 1.29 is 31.1 Å². The van der Waals surface area contributed by atoms with Crippen LogP contribution < -0.4 is 0 Å². The van der Waals surface area contributed by atoms with E-state index < -0.39 is 29.6 Å². The van der Waals surface area contributed by atoms with Crippen LogP contribution >= 0.6 is 0 Å². The molecule has 0 aliphatic rings. The van der Waals surface area contributed by atoms with Gasteiger partial charge in [-0.15, -0.1) is 0 Å². The van der Waals surface area contributed by atoms with Crippen LogP contribution in [0.5, 0.6) is 0 Å². The molecule has 7 heteroatoms. The van der Waals surface area contributed by atoms with E-state index in [1.807, 2.05) is 0 Å². The van der Waals surface area contributed by atoms with Crippen molar-refractivity contribution in [1.82, 2.24) is 0 Å². The van der Waals surface area contributed by atoms with Crippen molar-refractivity contribution in [1.29, 1.82) is 0 Å². The van der Waals surface area contributed by atoms with Crippen molar-refractivity contribution in [3.05, 3.63) is 35.9 Å². The highest BCUT2D eigenvalue weighted by Gasteiger charge is 2.72. The van der Waals surface area contributed by atoms with Gasteiger partial charge >= 0.3 is 12.4 Å². The van der Waals surface area contributed by atoms with Crippen LogP contribution in [0.15, 0.2) is 30.3 Å². The Labute approximate surface area is 92.0 Å². The molecule has 0 bridgehead atoms. The first kappa shape index (κ1) is 13.5. The van der Waals surface area contributed by atoms with E-state index in [4.69, 9.17) is 0 Å². The van der Waals surface area contributed by atoms with Gasteiger partial charge in [-0.25, -0.2) is 0 Å². The molecule has 0 aliphatic heterocycles. The van der Waals surface area contributed by atoms with Gasteiger partial charge in [0.1, 0.15) is 6.29 Å². The van der Waals surface area contributed by atoms with Gasteiger partial charge in [0.25, 0.3) is 0 Å². The molecular formula is C10H6F6O. The average molecular weight is 256 g/mol. The lowest BCUT2D eigenvalue weighted by molar-refractivity contribution is -0.286. The Bertz CT molecular complexity index is 377. The van der Waals surface area contributed by atoms with E-state index in [0.29, 0.717) is 12.1 Å². The molecule has 0 spiro atoms. The van der Waals surface area contributed by atoms with Gasteiger partial charge in [-0.1, -0.05) is 30.3 Å². The van der Waals surface area contributed by atoms with Crippen molar-refractivity contribution in [2.75, 3.05) is 0 Å². The molecule has 1 nitrogen and oxygen atoms in total. The molecule has 0 aromatic heterocycles. The molecule has 0 fully saturated rings. The monoisotopic (exact) mass is 256 g/mol. The quantitative estimate of drug-likeness (QED) is 0.586. The molecule has 17 heavy (non-hydrogen) atoms. The number of rotatable bonds is 2. The number of benzene rings is 1. The van der Waals surface area contributed by atoms with Crippen molar-refractivity contribution in [2.45, 2.75) is 17.8 Å². The lowest BCUT2D eigenvalue weighted by atomic mass is 9.80. The number of hydrogen-bond acceptors (Lipinski definition) is 1. The van der Waals surface area contributed by atoms with E-state index in [9.17, 15) is 31.1 Å². The molecule has 0 aliphatic carbocycles. The zero-order valence-electron chi connectivity index (χ0n) is 8.14. The SMILES string of the molecule is O=CC(c1ccccc1)(C(F)(F)F)C(F)(F)F. The average Bonchev–Trinajstić information content (AvgIpc) is 2.16.